The van der Waals surface area contributed by atoms with E-state index in [2.05, 4.69) is 5.32 Å². The van der Waals surface area contributed by atoms with Gasteiger partial charge in [0, 0.05) is 11.6 Å². The number of carbonyl (C=O) groups is 1. The maximum absolute atomic E-state index is 12.1. The Balaban J connectivity index is 1.59. The summed E-state index contributed by atoms with van der Waals surface area (Å²) < 4.78 is 10.6. The van der Waals surface area contributed by atoms with Crippen molar-refractivity contribution in [2.75, 3.05) is 13.3 Å². The van der Waals surface area contributed by atoms with Gasteiger partial charge in [-0.2, -0.15) is 0 Å². The fourth-order valence-electron chi connectivity index (χ4n) is 2.18. The largest absolute Gasteiger partial charge is 0.454 e. The fraction of sp³-hybridized carbons (Fsp3) is 0.188. The van der Waals surface area contributed by atoms with E-state index < -0.39 is 0 Å². The van der Waals surface area contributed by atoms with Gasteiger partial charge in [0.25, 0.3) is 5.91 Å². The van der Waals surface area contributed by atoms with Gasteiger partial charge in [-0.05, 0) is 42.3 Å². The first-order valence-electron chi connectivity index (χ1n) is 6.75. The lowest BCUT2D eigenvalue weighted by Crippen LogP contribution is -2.26. The van der Waals surface area contributed by atoms with Crippen molar-refractivity contribution in [3.05, 3.63) is 57.6 Å². The summed E-state index contributed by atoms with van der Waals surface area (Å²) in [5.41, 5.74) is 1.43. The lowest BCUT2D eigenvalue weighted by atomic mass is 10.1. The highest BCUT2D eigenvalue weighted by atomic mass is 35.5. The number of carbonyl (C=O) groups excluding carboxylic acids is 1. The van der Waals surface area contributed by atoms with Crippen molar-refractivity contribution in [1.82, 2.24) is 5.32 Å². The fourth-order valence-corrected chi connectivity index (χ4v) is 2.56. The Kier molecular flexibility index (Phi) is 4.41. The first-order chi connectivity index (χ1) is 10.6. The Bertz CT molecular complexity index is 719. The molecule has 1 N–H and O–H groups in total. The van der Waals surface area contributed by atoms with E-state index in [-0.39, 0.29) is 12.7 Å². The SMILES string of the molecule is O=C(NCCc1ccc2c(c1)OCO2)c1cc(Cl)ccc1Cl. The van der Waals surface area contributed by atoms with E-state index in [1.165, 1.54) is 0 Å². The molecule has 4 nitrogen and oxygen atoms in total. The van der Waals surface area contributed by atoms with Crippen molar-refractivity contribution in [1.29, 1.82) is 0 Å². The van der Waals surface area contributed by atoms with Crippen LogP contribution in [-0.2, 0) is 6.42 Å². The third-order valence-electron chi connectivity index (χ3n) is 3.31. The zero-order valence-electron chi connectivity index (χ0n) is 11.6. The summed E-state index contributed by atoms with van der Waals surface area (Å²) in [7, 11) is 0. The molecular formula is C16H13Cl2NO3. The van der Waals surface area contributed by atoms with Crippen LogP contribution in [0.4, 0.5) is 0 Å². The van der Waals surface area contributed by atoms with Gasteiger partial charge in [0.1, 0.15) is 0 Å². The van der Waals surface area contributed by atoms with E-state index in [4.69, 9.17) is 32.7 Å². The molecule has 0 saturated carbocycles. The van der Waals surface area contributed by atoms with Crippen LogP contribution < -0.4 is 14.8 Å². The third-order valence-corrected chi connectivity index (χ3v) is 3.87. The van der Waals surface area contributed by atoms with Crippen molar-refractivity contribution in [3.8, 4) is 11.5 Å². The number of halogens is 2. The van der Waals surface area contributed by atoms with Gasteiger partial charge < -0.3 is 14.8 Å². The molecule has 1 aliphatic rings. The van der Waals surface area contributed by atoms with Crippen LogP contribution in [0.2, 0.25) is 10.0 Å². The average Bonchev–Trinajstić information content (AvgIpc) is 2.97. The number of hydrogen-bond donors (Lipinski definition) is 1. The smallest absolute Gasteiger partial charge is 0.252 e. The van der Waals surface area contributed by atoms with Gasteiger partial charge >= 0.3 is 0 Å². The van der Waals surface area contributed by atoms with E-state index in [1.807, 2.05) is 18.2 Å². The molecule has 3 rings (SSSR count). The van der Waals surface area contributed by atoms with Gasteiger partial charge in [-0.25, -0.2) is 0 Å². The highest BCUT2D eigenvalue weighted by Crippen LogP contribution is 2.32. The number of amides is 1. The molecule has 114 valence electrons. The Morgan fingerprint density at radius 1 is 1.09 bits per heavy atom. The Morgan fingerprint density at radius 2 is 1.91 bits per heavy atom. The van der Waals surface area contributed by atoms with Gasteiger partial charge in [0.2, 0.25) is 6.79 Å². The second-order valence-corrected chi connectivity index (χ2v) is 5.66. The van der Waals surface area contributed by atoms with Gasteiger partial charge in [-0.1, -0.05) is 29.3 Å². The quantitative estimate of drug-likeness (QED) is 0.925. The average molecular weight is 338 g/mol. The third kappa shape index (κ3) is 3.29. The molecule has 2 aromatic rings. The molecule has 22 heavy (non-hydrogen) atoms. The summed E-state index contributed by atoms with van der Waals surface area (Å²) in [6, 6.07) is 10.5. The van der Waals surface area contributed by atoms with Crippen LogP contribution in [0, 0.1) is 0 Å². The maximum Gasteiger partial charge on any atom is 0.252 e. The van der Waals surface area contributed by atoms with E-state index >= 15 is 0 Å². The van der Waals surface area contributed by atoms with Crippen molar-refractivity contribution in [2.45, 2.75) is 6.42 Å². The molecule has 6 heteroatoms. The lowest BCUT2D eigenvalue weighted by molar-refractivity contribution is 0.0954. The van der Waals surface area contributed by atoms with Gasteiger partial charge in [-0.3, -0.25) is 4.79 Å². The minimum absolute atomic E-state index is 0.242. The molecule has 0 saturated heterocycles. The van der Waals surface area contributed by atoms with Crippen LogP contribution in [0.5, 0.6) is 11.5 Å². The molecule has 0 atom stereocenters. The van der Waals surface area contributed by atoms with Crippen molar-refractivity contribution in [2.24, 2.45) is 0 Å². The molecule has 1 amide bonds. The minimum atomic E-state index is -0.242. The van der Waals surface area contributed by atoms with Crippen molar-refractivity contribution in [3.63, 3.8) is 0 Å². The van der Waals surface area contributed by atoms with Crippen LogP contribution in [-0.4, -0.2) is 19.2 Å². The van der Waals surface area contributed by atoms with Crippen molar-refractivity contribution < 1.29 is 14.3 Å². The van der Waals surface area contributed by atoms with E-state index in [9.17, 15) is 4.79 Å². The molecule has 1 heterocycles. The summed E-state index contributed by atoms with van der Waals surface area (Å²) in [6.45, 7) is 0.740. The standard InChI is InChI=1S/C16H13Cl2NO3/c17-11-2-3-13(18)12(8-11)16(20)19-6-5-10-1-4-14-15(7-10)22-9-21-14/h1-4,7-8H,5-6,9H2,(H,19,20). The minimum Gasteiger partial charge on any atom is -0.454 e. The molecule has 0 aromatic heterocycles. The zero-order chi connectivity index (χ0) is 15.5. The predicted octanol–water partition coefficient (Wildman–Crippen LogP) is 3.69. The normalized spacial score (nSPS) is 12.3. The number of nitrogens with one attached hydrogen (secondary N) is 1. The van der Waals surface area contributed by atoms with E-state index in [1.54, 1.807) is 18.2 Å². The zero-order valence-corrected chi connectivity index (χ0v) is 13.1. The number of fused-ring (bicyclic) bond motifs is 1. The molecule has 1 aliphatic heterocycles. The van der Waals surface area contributed by atoms with Gasteiger partial charge in [-0.15, -0.1) is 0 Å². The van der Waals surface area contributed by atoms with E-state index in [0.717, 1.165) is 17.1 Å². The highest BCUT2D eigenvalue weighted by Gasteiger charge is 2.14. The van der Waals surface area contributed by atoms with Crippen LogP contribution in [0.15, 0.2) is 36.4 Å². The van der Waals surface area contributed by atoms with Gasteiger partial charge in [0.05, 0.1) is 10.6 Å². The first kappa shape index (κ1) is 15.0. The second kappa shape index (κ2) is 6.46. The van der Waals surface area contributed by atoms with Gasteiger partial charge in [0.15, 0.2) is 11.5 Å². The van der Waals surface area contributed by atoms with Crippen LogP contribution in [0.1, 0.15) is 15.9 Å². The molecule has 0 spiro atoms. The molecule has 0 unspecified atom stereocenters. The Labute approximate surface area is 137 Å². The van der Waals surface area contributed by atoms with Crippen LogP contribution in [0.3, 0.4) is 0 Å². The topological polar surface area (TPSA) is 47.6 Å². The lowest BCUT2D eigenvalue weighted by Gasteiger charge is -2.08. The number of hydrogen-bond acceptors (Lipinski definition) is 3. The number of benzene rings is 2. The van der Waals surface area contributed by atoms with E-state index in [0.29, 0.717) is 28.6 Å². The number of rotatable bonds is 4. The monoisotopic (exact) mass is 337 g/mol. The summed E-state index contributed by atoms with van der Waals surface area (Å²) in [5.74, 6) is 1.24. The summed E-state index contributed by atoms with van der Waals surface area (Å²) in [6.07, 6.45) is 0.681. The number of ether oxygens (including phenoxy) is 2. The molecule has 0 radical (unpaired) electrons. The Morgan fingerprint density at radius 3 is 2.77 bits per heavy atom. The molecule has 0 bridgehead atoms. The van der Waals surface area contributed by atoms with Crippen LogP contribution >= 0.6 is 23.2 Å². The summed E-state index contributed by atoms with van der Waals surface area (Å²) >= 11 is 11.9. The second-order valence-electron chi connectivity index (χ2n) is 4.82. The molecule has 2 aromatic carbocycles. The maximum atomic E-state index is 12.1. The summed E-state index contributed by atoms with van der Waals surface area (Å²) in [5, 5.41) is 3.69. The molecule has 0 fully saturated rings. The molecular weight excluding hydrogens is 325 g/mol. The van der Waals surface area contributed by atoms with Crippen LogP contribution in [0.25, 0.3) is 0 Å². The summed E-state index contributed by atoms with van der Waals surface area (Å²) in [4.78, 5) is 12.1. The predicted molar refractivity (Wildman–Crippen MR) is 85.1 cm³/mol. The van der Waals surface area contributed by atoms with Crippen molar-refractivity contribution >= 4 is 29.1 Å². The first-order valence-corrected chi connectivity index (χ1v) is 7.51. The Hall–Kier alpha value is -1.91. The molecule has 0 aliphatic carbocycles. The highest BCUT2D eigenvalue weighted by molar-refractivity contribution is 6.35.